The van der Waals surface area contributed by atoms with Gasteiger partial charge in [0.1, 0.15) is 12.4 Å². The molecule has 8 nitrogen and oxygen atoms in total. The smallest absolute Gasteiger partial charge is 0.282 e. The van der Waals surface area contributed by atoms with E-state index in [-0.39, 0.29) is 11.8 Å². The van der Waals surface area contributed by atoms with Crippen LogP contribution in [0.1, 0.15) is 5.56 Å². The fourth-order valence-electron chi connectivity index (χ4n) is 4.07. The van der Waals surface area contributed by atoms with Gasteiger partial charge in [0.15, 0.2) is 0 Å². The zero-order valence-corrected chi connectivity index (χ0v) is 17.1. The minimum absolute atomic E-state index is 0.0612. The number of benzene rings is 1. The Morgan fingerprint density at radius 2 is 1.57 bits per heavy atom. The van der Waals surface area contributed by atoms with Crippen molar-refractivity contribution in [3.63, 3.8) is 0 Å². The number of carbonyl (C=O) groups is 1. The molecule has 1 aromatic carbocycles. The third-order valence-corrected chi connectivity index (χ3v) is 7.93. The lowest BCUT2D eigenvalue weighted by molar-refractivity contribution is -0.138. The van der Waals surface area contributed by atoms with E-state index >= 15 is 0 Å². The van der Waals surface area contributed by atoms with Crippen LogP contribution >= 0.6 is 0 Å². The molecule has 4 rings (SSSR count). The van der Waals surface area contributed by atoms with E-state index in [4.69, 9.17) is 4.74 Å². The average molecular weight is 409 g/mol. The molecule has 0 aliphatic carbocycles. The van der Waals surface area contributed by atoms with Crippen molar-refractivity contribution in [1.82, 2.24) is 18.4 Å². The van der Waals surface area contributed by atoms with Gasteiger partial charge < -0.3 is 14.5 Å². The van der Waals surface area contributed by atoms with Crippen molar-refractivity contribution in [2.45, 2.75) is 6.42 Å². The molecular weight excluding hydrogens is 380 g/mol. The molecule has 1 atom stereocenters. The van der Waals surface area contributed by atoms with Crippen LogP contribution in [-0.4, -0.2) is 98.7 Å². The Kier molecular flexibility index (Phi) is 5.59. The monoisotopic (exact) mass is 408 g/mol. The van der Waals surface area contributed by atoms with Gasteiger partial charge >= 0.3 is 0 Å². The molecule has 0 saturated carbocycles. The maximum absolute atomic E-state index is 12.9. The van der Waals surface area contributed by atoms with E-state index in [1.807, 2.05) is 31.3 Å². The molecule has 3 aliphatic heterocycles. The molecule has 2 fully saturated rings. The number of fused-ring (bicyclic) bond motifs is 1. The third kappa shape index (κ3) is 3.89. The number of para-hydroxylation sites is 1. The minimum atomic E-state index is -3.45. The summed E-state index contributed by atoms with van der Waals surface area (Å²) < 4.78 is 34.6. The highest BCUT2D eigenvalue weighted by molar-refractivity contribution is 7.86. The van der Waals surface area contributed by atoms with E-state index in [9.17, 15) is 13.2 Å². The topological polar surface area (TPSA) is 73.4 Å². The van der Waals surface area contributed by atoms with E-state index in [2.05, 4.69) is 4.90 Å². The van der Waals surface area contributed by atoms with Crippen LogP contribution in [-0.2, 0) is 21.4 Å². The molecule has 28 heavy (non-hydrogen) atoms. The number of rotatable bonds is 3. The second-order valence-corrected chi connectivity index (χ2v) is 9.68. The summed E-state index contributed by atoms with van der Waals surface area (Å²) in [7, 11) is -1.44. The van der Waals surface area contributed by atoms with E-state index in [1.54, 1.807) is 9.21 Å². The zero-order chi connectivity index (χ0) is 19.7. The Morgan fingerprint density at radius 1 is 0.964 bits per heavy atom. The summed E-state index contributed by atoms with van der Waals surface area (Å²) >= 11 is 0. The molecule has 154 valence electrons. The first-order chi connectivity index (χ1) is 13.4. The standard InChI is InChI=1S/C19H28N4O4S/c1-20-6-10-22(11-7-20)28(25,26)23-12-8-21(9-13-23)19(24)17-14-16-4-2-3-5-18(16)27-15-17/h2-5,17H,6-15H2,1H3. The van der Waals surface area contributed by atoms with Crippen LogP contribution < -0.4 is 4.74 Å². The quantitative estimate of drug-likeness (QED) is 0.697. The van der Waals surface area contributed by atoms with Gasteiger partial charge in [0.25, 0.3) is 10.2 Å². The summed E-state index contributed by atoms with van der Waals surface area (Å²) in [5, 5.41) is 0. The summed E-state index contributed by atoms with van der Waals surface area (Å²) in [6.07, 6.45) is 0.675. The number of carbonyl (C=O) groups excluding carboxylic acids is 1. The van der Waals surface area contributed by atoms with Crippen LogP contribution in [0, 0.1) is 5.92 Å². The van der Waals surface area contributed by atoms with Crippen LogP contribution in [0.25, 0.3) is 0 Å². The van der Waals surface area contributed by atoms with Gasteiger partial charge in [-0.25, -0.2) is 0 Å². The molecule has 1 amide bonds. The molecule has 0 aromatic heterocycles. The van der Waals surface area contributed by atoms with Crippen LogP contribution in [0.15, 0.2) is 24.3 Å². The largest absolute Gasteiger partial charge is 0.492 e. The van der Waals surface area contributed by atoms with Crippen molar-refractivity contribution in [3.8, 4) is 5.75 Å². The first-order valence-electron chi connectivity index (χ1n) is 9.88. The molecule has 0 radical (unpaired) electrons. The fraction of sp³-hybridized carbons (Fsp3) is 0.632. The van der Waals surface area contributed by atoms with Crippen LogP contribution in [0.2, 0.25) is 0 Å². The first kappa shape index (κ1) is 19.6. The van der Waals surface area contributed by atoms with Crippen LogP contribution in [0.3, 0.4) is 0 Å². The van der Waals surface area contributed by atoms with E-state index in [1.165, 1.54) is 4.31 Å². The van der Waals surface area contributed by atoms with Crippen molar-refractivity contribution in [2.75, 3.05) is 66.0 Å². The molecule has 0 N–H and O–H groups in total. The van der Waals surface area contributed by atoms with Crippen molar-refractivity contribution in [1.29, 1.82) is 0 Å². The lowest BCUT2D eigenvalue weighted by Crippen LogP contribution is -2.58. The molecule has 1 aromatic rings. The van der Waals surface area contributed by atoms with Crippen molar-refractivity contribution in [3.05, 3.63) is 29.8 Å². The fourth-order valence-corrected chi connectivity index (χ4v) is 5.64. The number of hydrogen-bond acceptors (Lipinski definition) is 5. The highest BCUT2D eigenvalue weighted by atomic mass is 32.2. The van der Waals surface area contributed by atoms with Gasteiger partial charge in [-0.15, -0.1) is 0 Å². The SMILES string of the molecule is CN1CCN(S(=O)(=O)N2CCN(C(=O)C3COc4ccccc4C3)CC2)CC1. The zero-order valence-electron chi connectivity index (χ0n) is 16.3. The number of piperazine rings is 2. The van der Waals surface area contributed by atoms with Crippen molar-refractivity contribution >= 4 is 16.1 Å². The number of ether oxygens (including phenoxy) is 1. The molecule has 3 heterocycles. The summed E-state index contributed by atoms with van der Waals surface area (Å²) in [4.78, 5) is 16.8. The van der Waals surface area contributed by atoms with Gasteiger partial charge in [0.05, 0.1) is 5.92 Å². The lowest BCUT2D eigenvalue weighted by Gasteiger charge is -2.40. The second kappa shape index (κ2) is 7.98. The molecule has 0 spiro atoms. The Hall–Kier alpha value is -1.68. The Balaban J connectivity index is 1.33. The van der Waals surface area contributed by atoms with E-state index in [0.717, 1.165) is 24.4 Å². The number of amides is 1. The number of nitrogens with zero attached hydrogens (tertiary/aromatic N) is 4. The molecule has 1 unspecified atom stereocenters. The second-order valence-electron chi connectivity index (χ2n) is 7.75. The highest BCUT2D eigenvalue weighted by Gasteiger charge is 2.36. The van der Waals surface area contributed by atoms with Crippen LogP contribution in [0.5, 0.6) is 5.75 Å². The molecule has 3 aliphatic rings. The normalized spacial score (nSPS) is 25.2. The summed E-state index contributed by atoms with van der Waals surface area (Å²) in [6.45, 7) is 4.51. The molecule has 0 bridgehead atoms. The van der Waals surface area contributed by atoms with Gasteiger partial charge in [-0.1, -0.05) is 18.2 Å². The predicted molar refractivity (Wildman–Crippen MR) is 105 cm³/mol. The van der Waals surface area contributed by atoms with Gasteiger partial charge in [0.2, 0.25) is 5.91 Å². The average Bonchev–Trinajstić information content (AvgIpc) is 2.73. The third-order valence-electron chi connectivity index (χ3n) is 5.89. The van der Waals surface area contributed by atoms with Crippen molar-refractivity contribution < 1.29 is 17.9 Å². The van der Waals surface area contributed by atoms with Gasteiger partial charge in [-0.2, -0.15) is 17.0 Å². The van der Waals surface area contributed by atoms with Gasteiger partial charge in [-0.3, -0.25) is 4.79 Å². The minimum Gasteiger partial charge on any atom is -0.492 e. The number of hydrogen-bond donors (Lipinski definition) is 0. The van der Waals surface area contributed by atoms with E-state index in [0.29, 0.717) is 52.3 Å². The summed E-state index contributed by atoms with van der Waals surface area (Å²) in [5.74, 6) is 0.719. The Labute approximate surface area is 166 Å². The Bertz CT molecular complexity index is 815. The molecular formula is C19H28N4O4S. The van der Waals surface area contributed by atoms with E-state index < -0.39 is 10.2 Å². The summed E-state index contributed by atoms with van der Waals surface area (Å²) in [6, 6.07) is 7.81. The number of likely N-dealkylation sites (N-methyl/N-ethyl adjacent to an activating group) is 1. The highest BCUT2D eigenvalue weighted by Crippen LogP contribution is 2.28. The first-order valence-corrected chi connectivity index (χ1v) is 11.3. The maximum Gasteiger partial charge on any atom is 0.282 e. The Morgan fingerprint density at radius 3 is 2.25 bits per heavy atom. The molecule has 2 saturated heterocycles. The predicted octanol–water partition coefficient (Wildman–Crippen LogP) is -0.126. The lowest BCUT2D eigenvalue weighted by atomic mass is 9.95. The van der Waals surface area contributed by atoms with Crippen molar-refractivity contribution in [2.24, 2.45) is 5.92 Å². The van der Waals surface area contributed by atoms with Crippen LogP contribution in [0.4, 0.5) is 0 Å². The van der Waals surface area contributed by atoms with Gasteiger partial charge in [0, 0.05) is 52.4 Å². The maximum atomic E-state index is 12.9. The van der Waals surface area contributed by atoms with Gasteiger partial charge in [-0.05, 0) is 25.1 Å². The molecule has 9 heteroatoms. The summed E-state index contributed by atoms with van der Waals surface area (Å²) in [5.41, 5.74) is 1.06.